The summed E-state index contributed by atoms with van der Waals surface area (Å²) in [5, 5.41) is 0.849. The molecule has 3 aromatic rings. The van der Waals surface area contributed by atoms with Crippen molar-refractivity contribution in [2.45, 2.75) is 0 Å². The maximum absolute atomic E-state index is 5.70. The molecule has 0 bridgehead atoms. The van der Waals surface area contributed by atoms with Crippen molar-refractivity contribution < 1.29 is 9.47 Å². The van der Waals surface area contributed by atoms with Gasteiger partial charge in [-0.2, -0.15) is 9.97 Å². The molecule has 0 amide bonds. The fourth-order valence-corrected chi connectivity index (χ4v) is 1.80. The Bertz CT molecular complexity index is 752. The van der Waals surface area contributed by atoms with Crippen molar-refractivity contribution in [3.63, 3.8) is 0 Å². The van der Waals surface area contributed by atoms with Gasteiger partial charge in [-0.25, -0.2) is 5.84 Å². The van der Waals surface area contributed by atoms with Gasteiger partial charge in [0, 0.05) is 11.6 Å². The number of hydrazine groups is 1. The van der Waals surface area contributed by atoms with Crippen LogP contribution in [-0.2, 0) is 0 Å². The maximum Gasteiger partial charge on any atom is 0.330 e. The minimum atomic E-state index is 0.0751. The molecule has 3 rings (SSSR count). The number of anilines is 1. The van der Waals surface area contributed by atoms with Gasteiger partial charge in [-0.1, -0.05) is 6.07 Å². The monoisotopic (exact) mass is 284 g/mol. The van der Waals surface area contributed by atoms with E-state index in [9.17, 15) is 0 Å². The summed E-state index contributed by atoms with van der Waals surface area (Å²) < 4.78 is 10.7. The summed E-state index contributed by atoms with van der Waals surface area (Å²) in [6, 6.07) is 9.44. The Morgan fingerprint density at radius 2 is 1.90 bits per heavy atom. The van der Waals surface area contributed by atoms with E-state index in [0.717, 1.165) is 10.9 Å². The first kappa shape index (κ1) is 13.0. The summed E-state index contributed by atoms with van der Waals surface area (Å²) in [6.45, 7) is 0. The molecule has 0 fully saturated rings. The molecule has 3 N–H and O–H groups in total. The van der Waals surface area contributed by atoms with Crippen LogP contribution in [0.1, 0.15) is 0 Å². The Morgan fingerprint density at radius 1 is 1.05 bits per heavy atom. The van der Waals surface area contributed by atoms with Crippen LogP contribution in [-0.4, -0.2) is 27.0 Å². The quantitative estimate of drug-likeness (QED) is 0.548. The van der Waals surface area contributed by atoms with Crippen LogP contribution in [0.3, 0.4) is 0 Å². The predicted molar refractivity (Wildman–Crippen MR) is 76.0 cm³/mol. The van der Waals surface area contributed by atoms with Gasteiger partial charge in [-0.05, 0) is 24.3 Å². The first-order valence-corrected chi connectivity index (χ1v) is 6.08. The first-order chi connectivity index (χ1) is 10.3. The van der Waals surface area contributed by atoms with Crippen molar-refractivity contribution in [2.24, 2.45) is 5.84 Å². The maximum atomic E-state index is 5.70. The van der Waals surface area contributed by atoms with E-state index in [-0.39, 0.29) is 18.0 Å². The van der Waals surface area contributed by atoms with Gasteiger partial charge < -0.3 is 9.47 Å². The van der Waals surface area contributed by atoms with Crippen molar-refractivity contribution in [3.8, 4) is 17.8 Å². The highest BCUT2D eigenvalue weighted by molar-refractivity contribution is 5.84. The van der Waals surface area contributed by atoms with Crippen LogP contribution in [0.2, 0.25) is 0 Å². The van der Waals surface area contributed by atoms with Crippen LogP contribution in [0.4, 0.5) is 5.95 Å². The molecule has 0 saturated carbocycles. The van der Waals surface area contributed by atoms with Crippen LogP contribution in [0.25, 0.3) is 10.9 Å². The van der Waals surface area contributed by atoms with Crippen molar-refractivity contribution in [1.29, 1.82) is 0 Å². The highest BCUT2D eigenvalue weighted by atomic mass is 16.5. The van der Waals surface area contributed by atoms with Crippen molar-refractivity contribution in [3.05, 3.63) is 36.5 Å². The third kappa shape index (κ3) is 2.65. The lowest BCUT2D eigenvalue weighted by Crippen LogP contribution is -2.12. The predicted octanol–water partition coefficient (Wildman–Crippen LogP) is 1.51. The number of nitrogens with one attached hydrogen (secondary N) is 1. The minimum absolute atomic E-state index is 0.0751. The highest BCUT2D eigenvalue weighted by Crippen LogP contribution is 2.27. The van der Waals surface area contributed by atoms with Crippen LogP contribution >= 0.6 is 0 Å². The number of rotatable bonds is 4. The molecule has 0 aliphatic rings. The summed E-state index contributed by atoms with van der Waals surface area (Å²) in [4.78, 5) is 16.2. The minimum Gasteiger partial charge on any atom is -0.467 e. The summed E-state index contributed by atoms with van der Waals surface area (Å²) in [7, 11) is 1.45. The lowest BCUT2D eigenvalue weighted by atomic mass is 10.2. The first-order valence-electron chi connectivity index (χ1n) is 6.08. The molecule has 8 heteroatoms. The van der Waals surface area contributed by atoms with E-state index in [0.29, 0.717) is 5.75 Å². The second-order valence-corrected chi connectivity index (χ2v) is 4.00. The fourth-order valence-electron chi connectivity index (χ4n) is 1.80. The molecule has 2 heterocycles. The second-order valence-electron chi connectivity index (χ2n) is 4.00. The van der Waals surface area contributed by atoms with Gasteiger partial charge in [-0.15, -0.1) is 4.98 Å². The Morgan fingerprint density at radius 3 is 2.71 bits per heavy atom. The van der Waals surface area contributed by atoms with E-state index in [1.807, 2.05) is 24.3 Å². The normalized spacial score (nSPS) is 10.4. The number of hydrogen-bond donors (Lipinski definition) is 2. The van der Waals surface area contributed by atoms with E-state index in [1.165, 1.54) is 7.11 Å². The van der Waals surface area contributed by atoms with E-state index in [4.69, 9.17) is 15.3 Å². The van der Waals surface area contributed by atoms with Gasteiger partial charge in [0.2, 0.25) is 5.95 Å². The lowest BCUT2D eigenvalue weighted by Gasteiger charge is -2.08. The van der Waals surface area contributed by atoms with Crippen LogP contribution in [0.15, 0.2) is 36.5 Å². The average Bonchev–Trinajstić information content (AvgIpc) is 2.55. The van der Waals surface area contributed by atoms with Gasteiger partial charge in [0.15, 0.2) is 0 Å². The number of nitrogen functional groups attached to an aromatic ring is 1. The van der Waals surface area contributed by atoms with Crippen LogP contribution < -0.4 is 20.7 Å². The number of benzene rings is 1. The molecule has 0 saturated heterocycles. The topological polar surface area (TPSA) is 108 Å². The number of fused-ring (bicyclic) bond motifs is 1. The Kier molecular flexibility index (Phi) is 3.44. The number of methoxy groups -OCH3 is 1. The van der Waals surface area contributed by atoms with Crippen molar-refractivity contribution in [2.75, 3.05) is 12.5 Å². The zero-order valence-corrected chi connectivity index (χ0v) is 11.1. The number of nitrogens with two attached hydrogens (primary N) is 1. The summed E-state index contributed by atoms with van der Waals surface area (Å²) in [5.41, 5.74) is 3.14. The molecule has 0 aliphatic carbocycles. The van der Waals surface area contributed by atoms with Crippen molar-refractivity contribution in [1.82, 2.24) is 19.9 Å². The zero-order valence-electron chi connectivity index (χ0n) is 11.1. The second kappa shape index (κ2) is 5.55. The summed E-state index contributed by atoms with van der Waals surface area (Å²) in [5.74, 6) is 6.03. The highest BCUT2D eigenvalue weighted by Gasteiger charge is 2.10. The van der Waals surface area contributed by atoms with E-state index in [2.05, 4.69) is 25.4 Å². The summed E-state index contributed by atoms with van der Waals surface area (Å²) in [6.07, 6.45) is 1.72. The van der Waals surface area contributed by atoms with E-state index >= 15 is 0 Å². The molecule has 21 heavy (non-hydrogen) atoms. The van der Waals surface area contributed by atoms with Gasteiger partial charge in [-0.3, -0.25) is 10.4 Å². The molecule has 8 nitrogen and oxygen atoms in total. The average molecular weight is 284 g/mol. The molecule has 2 aromatic heterocycles. The number of hydrogen-bond acceptors (Lipinski definition) is 8. The van der Waals surface area contributed by atoms with Gasteiger partial charge in [0.05, 0.1) is 12.6 Å². The molecule has 0 unspecified atom stereocenters. The molecule has 0 spiro atoms. The lowest BCUT2D eigenvalue weighted by molar-refractivity contribution is 0.361. The molecular formula is C13H12N6O2. The van der Waals surface area contributed by atoms with Gasteiger partial charge in [0.25, 0.3) is 0 Å². The zero-order chi connectivity index (χ0) is 14.7. The smallest absolute Gasteiger partial charge is 0.330 e. The van der Waals surface area contributed by atoms with Crippen LogP contribution in [0, 0.1) is 0 Å². The van der Waals surface area contributed by atoms with Crippen LogP contribution in [0.5, 0.6) is 17.8 Å². The largest absolute Gasteiger partial charge is 0.467 e. The number of pyridine rings is 1. The Labute approximate surface area is 120 Å². The molecule has 1 aromatic carbocycles. The number of ether oxygens (including phenoxy) is 2. The fraction of sp³-hybridized carbons (Fsp3) is 0.0769. The molecule has 106 valence electrons. The van der Waals surface area contributed by atoms with Gasteiger partial charge in [0.1, 0.15) is 5.75 Å². The Hall–Kier alpha value is -3.00. The van der Waals surface area contributed by atoms with E-state index in [1.54, 1.807) is 12.3 Å². The molecule has 0 atom stereocenters. The third-order valence-corrected chi connectivity index (χ3v) is 2.71. The SMILES string of the molecule is COc1nc(NN)nc(Oc2cccc3ncccc23)n1. The number of aromatic nitrogens is 4. The Balaban J connectivity index is 2.02. The van der Waals surface area contributed by atoms with Gasteiger partial charge >= 0.3 is 12.0 Å². The molecular weight excluding hydrogens is 272 g/mol. The standard InChI is InChI=1S/C13H12N6O2/c1-20-12-16-11(19-14)17-13(18-12)21-10-6-2-5-9-8(10)4-3-7-15-9/h2-7H,14H2,1H3,(H,16,17,18,19). The van der Waals surface area contributed by atoms with E-state index < -0.39 is 0 Å². The molecule has 0 radical (unpaired) electrons. The summed E-state index contributed by atoms with van der Waals surface area (Å²) >= 11 is 0. The number of nitrogens with zero attached hydrogens (tertiary/aromatic N) is 4. The third-order valence-electron chi connectivity index (χ3n) is 2.71. The molecule has 0 aliphatic heterocycles. The van der Waals surface area contributed by atoms with Crippen molar-refractivity contribution >= 4 is 16.9 Å².